The quantitative estimate of drug-likeness (QED) is 0.299. The van der Waals surface area contributed by atoms with Crippen LogP contribution in [0.25, 0.3) is 5.76 Å². The largest absolute Gasteiger partial charge is 0.507 e. The van der Waals surface area contributed by atoms with Crippen molar-refractivity contribution in [2.75, 3.05) is 18.1 Å². The number of ketones is 1. The van der Waals surface area contributed by atoms with Crippen LogP contribution < -0.4 is 14.4 Å². The first-order valence-corrected chi connectivity index (χ1v) is 11.1. The molecule has 0 radical (unpaired) electrons. The van der Waals surface area contributed by atoms with Crippen LogP contribution in [0.4, 0.5) is 18.9 Å². The highest BCUT2D eigenvalue weighted by Crippen LogP contribution is 2.44. The summed E-state index contributed by atoms with van der Waals surface area (Å²) in [6, 6.07) is 14.6. The van der Waals surface area contributed by atoms with E-state index in [1.54, 1.807) is 43.3 Å². The summed E-state index contributed by atoms with van der Waals surface area (Å²) in [5.41, 5.74) is 0.560. The van der Waals surface area contributed by atoms with Crippen LogP contribution in [0.3, 0.4) is 0 Å². The summed E-state index contributed by atoms with van der Waals surface area (Å²) in [5, 5.41) is 11.3. The average molecular weight is 495 g/mol. The molecule has 0 aromatic heterocycles. The molecule has 3 aromatic rings. The minimum Gasteiger partial charge on any atom is -0.507 e. The Bertz CT molecular complexity index is 1400. The number of amides is 1. The number of aryl methyl sites for hydroxylation is 1. The Hall–Kier alpha value is -4.27. The van der Waals surface area contributed by atoms with Gasteiger partial charge in [-0.15, -0.1) is 0 Å². The van der Waals surface area contributed by atoms with Gasteiger partial charge in [0.05, 0.1) is 17.2 Å². The van der Waals surface area contributed by atoms with Gasteiger partial charge >= 0.3 is 6.18 Å². The Labute approximate surface area is 204 Å². The number of Topliss-reactive ketones (excluding diaryl/α,β-unsaturated/α-hetero) is 1. The molecule has 1 unspecified atom stereocenters. The lowest BCUT2D eigenvalue weighted by atomic mass is 9.92. The van der Waals surface area contributed by atoms with E-state index < -0.39 is 35.2 Å². The molecule has 1 N–H and O–H groups in total. The molecule has 1 saturated heterocycles. The van der Waals surface area contributed by atoms with Crippen molar-refractivity contribution in [3.05, 3.63) is 94.6 Å². The van der Waals surface area contributed by atoms with Gasteiger partial charge in [-0.3, -0.25) is 14.5 Å². The number of benzene rings is 3. The van der Waals surface area contributed by atoms with Crippen LogP contribution in [-0.2, 0) is 15.8 Å². The Morgan fingerprint density at radius 2 is 1.61 bits per heavy atom. The van der Waals surface area contributed by atoms with Crippen molar-refractivity contribution in [3.63, 3.8) is 0 Å². The summed E-state index contributed by atoms with van der Waals surface area (Å²) in [4.78, 5) is 27.6. The lowest BCUT2D eigenvalue weighted by Gasteiger charge is -2.27. The lowest BCUT2D eigenvalue weighted by molar-refractivity contribution is -0.137. The molecule has 9 heteroatoms. The number of fused-ring (bicyclic) bond motifs is 1. The number of rotatable bonds is 3. The number of carbonyl (C=O) groups is 2. The van der Waals surface area contributed by atoms with Crippen LogP contribution in [0, 0.1) is 6.92 Å². The first-order valence-electron chi connectivity index (χ1n) is 11.1. The van der Waals surface area contributed by atoms with Gasteiger partial charge in [-0.2, -0.15) is 13.2 Å². The van der Waals surface area contributed by atoms with E-state index in [4.69, 9.17) is 9.47 Å². The van der Waals surface area contributed by atoms with Gasteiger partial charge in [-0.25, -0.2) is 0 Å². The molecular weight excluding hydrogens is 475 g/mol. The number of aliphatic hydroxyl groups is 1. The summed E-state index contributed by atoms with van der Waals surface area (Å²) >= 11 is 0. The molecule has 6 nitrogen and oxygen atoms in total. The van der Waals surface area contributed by atoms with Gasteiger partial charge in [-0.1, -0.05) is 24.3 Å². The monoisotopic (exact) mass is 495 g/mol. The van der Waals surface area contributed by atoms with Gasteiger partial charge in [0.15, 0.2) is 11.5 Å². The fourth-order valence-corrected chi connectivity index (χ4v) is 4.44. The van der Waals surface area contributed by atoms with E-state index in [9.17, 15) is 27.9 Å². The molecule has 1 atom stereocenters. The van der Waals surface area contributed by atoms with Gasteiger partial charge in [-0.05, 0) is 60.5 Å². The molecule has 0 aliphatic carbocycles. The molecule has 1 fully saturated rings. The van der Waals surface area contributed by atoms with Crippen molar-refractivity contribution in [1.82, 2.24) is 0 Å². The Morgan fingerprint density at radius 3 is 2.28 bits per heavy atom. The molecule has 0 saturated carbocycles. The molecule has 2 aliphatic heterocycles. The molecule has 1 amide bonds. The summed E-state index contributed by atoms with van der Waals surface area (Å²) in [6.07, 6.45) is -4.56. The maximum Gasteiger partial charge on any atom is 0.416 e. The zero-order valence-corrected chi connectivity index (χ0v) is 19.0. The highest BCUT2D eigenvalue weighted by Gasteiger charge is 2.47. The van der Waals surface area contributed by atoms with E-state index in [0.717, 1.165) is 34.7 Å². The van der Waals surface area contributed by atoms with E-state index >= 15 is 0 Å². The molecule has 2 aliphatic rings. The number of aliphatic hydroxyl groups excluding tert-OH is 1. The molecular formula is C27H20F3NO5. The standard InChI is InChI=1S/C27H20F3NO5/c1-15-4-2-3-5-19(15)23-22(24(32)16-6-11-20-21(14-16)36-13-12-35-20)25(33)26(34)31(23)18-9-7-17(8-10-18)27(28,29)30/h2-11,14,23,32H,12-13H2,1H3/b24-22+. The maximum absolute atomic E-state index is 13.3. The van der Waals surface area contributed by atoms with Crippen molar-refractivity contribution in [3.8, 4) is 11.5 Å². The van der Waals surface area contributed by atoms with Gasteiger partial charge in [0.25, 0.3) is 11.7 Å². The molecule has 184 valence electrons. The average Bonchev–Trinajstić information content (AvgIpc) is 3.13. The molecule has 5 rings (SSSR count). The number of hydrogen-bond acceptors (Lipinski definition) is 5. The summed E-state index contributed by atoms with van der Waals surface area (Å²) < 4.78 is 50.4. The van der Waals surface area contributed by atoms with E-state index in [2.05, 4.69) is 0 Å². The van der Waals surface area contributed by atoms with Crippen LogP contribution in [0.5, 0.6) is 11.5 Å². The van der Waals surface area contributed by atoms with E-state index in [1.807, 2.05) is 0 Å². The summed E-state index contributed by atoms with van der Waals surface area (Å²) in [5.74, 6) is -1.46. The van der Waals surface area contributed by atoms with Gasteiger partial charge in [0, 0.05) is 11.3 Å². The van der Waals surface area contributed by atoms with E-state index in [1.165, 1.54) is 6.07 Å². The van der Waals surface area contributed by atoms with Gasteiger partial charge < -0.3 is 14.6 Å². The molecule has 0 bridgehead atoms. The highest BCUT2D eigenvalue weighted by atomic mass is 19.4. The van der Waals surface area contributed by atoms with Crippen LogP contribution in [0.1, 0.15) is 28.3 Å². The minimum absolute atomic E-state index is 0.0968. The third-order valence-corrected chi connectivity index (χ3v) is 6.22. The predicted octanol–water partition coefficient (Wildman–Crippen LogP) is 5.41. The zero-order chi connectivity index (χ0) is 25.6. The van der Waals surface area contributed by atoms with Crippen molar-refractivity contribution < 1.29 is 37.3 Å². The first kappa shape index (κ1) is 23.5. The maximum atomic E-state index is 13.3. The number of carbonyl (C=O) groups excluding carboxylic acids is 2. The number of anilines is 1. The third-order valence-electron chi connectivity index (χ3n) is 6.22. The summed E-state index contributed by atoms with van der Waals surface area (Å²) in [7, 11) is 0. The van der Waals surface area contributed by atoms with Crippen molar-refractivity contribution in [2.24, 2.45) is 0 Å². The van der Waals surface area contributed by atoms with Gasteiger partial charge in [0.2, 0.25) is 0 Å². The van der Waals surface area contributed by atoms with Crippen LogP contribution in [0.15, 0.2) is 72.3 Å². The molecule has 3 aromatic carbocycles. The number of ether oxygens (including phenoxy) is 2. The number of hydrogen-bond donors (Lipinski definition) is 1. The minimum atomic E-state index is -4.56. The van der Waals surface area contributed by atoms with Crippen LogP contribution in [-0.4, -0.2) is 30.0 Å². The lowest BCUT2D eigenvalue weighted by Crippen LogP contribution is -2.29. The Kier molecular flexibility index (Phi) is 5.70. The SMILES string of the molecule is Cc1ccccc1C1/C(=C(\O)c2ccc3c(c2)OCCO3)C(=O)C(=O)N1c1ccc(C(F)(F)F)cc1. The highest BCUT2D eigenvalue weighted by molar-refractivity contribution is 6.51. The molecule has 36 heavy (non-hydrogen) atoms. The summed E-state index contributed by atoms with van der Waals surface area (Å²) in [6.45, 7) is 2.48. The Balaban J connectivity index is 1.68. The fraction of sp³-hybridized carbons (Fsp3) is 0.185. The van der Waals surface area contributed by atoms with E-state index in [-0.39, 0.29) is 16.8 Å². The van der Waals surface area contributed by atoms with Crippen molar-refractivity contribution in [2.45, 2.75) is 19.1 Å². The fourth-order valence-electron chi connectivity index (χ4n) is 4.44. The normalized spacial score (nSPS) is 19.0. The predicted molar refractivity (Wildman–Crippen MR) is 125 cm³/mol. The van der Waals surface area contributed by atoms with Gasteiger partial charge in [0.1, 0.15) is 19.0 Å². The first-order chi connectivity index (χ1) is 17.2. The number of nitrogens with zero attached hydrogens (tertiary/aromatic N) is 1. The number of halogens is 3. The van der Waals surface area contributed by atoms with Crippen molar-refractivity contribution in [1.29, 1.82) is 0 Å². The smallest absolute Gasteiger partial charge is 0.416 e. The second-order valence-corrected chi connectivity index (χ2v) is 8.43. The zero-order valence-electron chi connectivity index (χ0n) is 19.0. The molecule has 2 heterocycles. The second kappa shape index (κ2) is 8.75. The van der Waals surface area contributed by atoms with Crippen LogP contribution in [0.2, 0.25) is 0 Å². The van der Waals surface area contributed by atoms with Crippen LogP contribution >= 0.6 is 0 Å². The second-order valence-electron chi connectivity index (χ2n) is 8.43. The van der Waals surface area contributed by atoms with Crippen molar-refractivity contribution >= 4 is 23.1 Å². The topological polar surface area (TPSA) is 76.1 Å². The molecule has 0 spiro atoms. The Morgan fingerprint density at radius 1 is 0.944 bits per heavy atom. The number of alkyl halides is 3. The van der Waals surface area contributed by atoms with E-state index in [0.29, 0.717) is 30.3 Å². The third kappa shape index (κ3) is 3.96.